The zero-order valence-electron chi connectivity index (χ0n) is 11.4. The quantitative estimate of drug-likeness (QED) is 0.584. The van der Waals surface area contributed by atoms with Gasteiger partial charge in [-0.3, -0.25) is 4.79 Å². The minimum absolute atomic E-state index is 0.0186. The molecule has 4 heteroatoms. The second-order valence-electron chi connectivity index (χ2n) is 4.46. The van der Waals surface area contributed by atoms with Gasteiger partial charge in [-0.15, -0.1) is 0 Å². The van der Waals surface area contributed by atoms with Crippen LogP contribution in [-0.4, -0.2) is 29.4 Å². The molecule has 0 fully saturated rings. The summed E-state index contributed by atoms with van der Waals surface area (Å²) in [5.41, 5.74) is 1.48. The normalized spacial score (nSPS) is 10.4. The Labute approximate surface area is 114 Å². The van der Waals surface area contributed by atoms with E-state index in [9.17, 15) is 4.79 Å². The Morgan fingerprint density at radius 1 is 1.33 bits per heavy atom. The highest BCUT2D eigenvalue weighted by atomic mass is 35.5. The topological polar surface area (TPSA) is 33.2 Å². The van der Waals surface area contributed by atoms with Crippen molar-refractivity contribution in [2.45, 2.75) is 39.5 Å². The smallest absolute Gasteiger partial charge is 0.253 e. The summed E-state index contributed by atoms with van der Waals surface area (Å²) in [4.78, 5) is 18.1. The number of pyridine rings is 1. The van der Waals surface area contributed by atoms with Crippen LogP contribution in [0, 0.1) is 0 Å². The number of hydrogen-bond acceptors (Lipinski definition) is 2. The third-order valence-electron chi connectivity index (χ3n) is 2.90. The molecule has 0 spiro atoms. The van der Waals surface area contributed by atoms with Crippen molar-refractivity contribution < 1.29 is 4.79 Å². The van der Waals surface area contributed by atoms with E-state index in [0.717, 1.165) is 37.9 Å². The van der Waals surface area contributed by atoms with E-state index < -0.39 is 0 Å². The van der Waals surface area contributed by atoms with E-state index in [2.05, 4.69) is 11.9 Å². The van der Waals surface area contributed by atoms with Crippen LogP contribution in [-0.2, 0) is 6.42 Å². The van der Waals surface area contributed by atoms with E-state index >= 15 is 0 Å². The van der Waals surface area contributed by atoms with Gasteiger partial charge in [-0.05, 0) is 25.0 Å². The van der Waals surface area contributed by atoms with Crippen LogP contribution in [0.4, 0.5) is 0 Å². The molecule has 1 aromatic rings. The zero-order chi connectivity index (χ0) is 13.5. The van der Waals surface area contributed by atoms with E-state index in [1.807, 2.05) is 20.0 Å². The van der Waals surface area contributed by atoms with Gasteiger partial charge in [0.25, 0.3) is 5.91 Å². The highest BCUT2D eigenvalue weighted by Gasteiger charge is 2.13. The molecule has 0 atom stereocenters. The largest absolute Gasteiger partial charge is 0.342 e. The fourth-order valence-corrected chi connectivity index (χ4v) is 2.00. The Kier molecular flexibility index (Phi) is 6.13. The van der Waals surface area contributed by atoms with Gasteiger partial charge in [0.15, 0.2) is 0 Å². The minimum atomic E-state index is 0.0186. The molecule has 0 bridgehead atoms. The first-order chi connectivity index (χ1) is 8.58. The maximum atomic E-state index is 12.2. The number of amides is 1. The lowest BCUT2D eigenvalue weighted by Gasteiger charge is -2.17. The number of carbonyl (C=O) groups excluding carboxylic acids is 1. The van der Waals surface area contributed by atoms with Crippen molar-refractivity contribution in [3.63, 3.8) is 0 Å². The summed E-state index contributed by atoms with van der Waals surface area (Å²) in [5.74, 6) is 0.0186. The number of aromatic nitrogens is 1. The molecule has 0 N–H and O–H groups in total. The number of halogens is 1. The molecule has 3 nitrogen and oxygen atoms in total. The van der Waals surface area contributed by atoms with Gasteiger partial charge in [-0.2, -0.15) is 0 Å². The monoisotopic (exact) mass is 268 g/mol. The molecule has 1 amide bonds. The van der Waals surface area contributed by atoms with Gasteiger partial charge in [-0.1, -0.05) is 38.3 Å². The standard InChI is InChI=1S/C14H21ClN2O/c1-4-6-7-8-17(3)14(18)11-9-12(5-2)16-13(15)10-11/h9-10H,4-8H2,1-3H3. The summed E-state index contributed by atoms with van der Waals surface area (Å²) in [5, 5.41) is 0.389. The first-order valence-electron chi connectivity index (χ1n) is 6.50. The molecular weight excluding hydrogens is 248 g/mol. The molecule has 0 radical (unpaired) electrons. The summed E-state index contributed by atoms with van der Waals surface area (Å²) < 4.78 is 0. The molecule has 0 aliphatic rings. The Morgan fingerprint density at radius 3 is 2.67 bits per heavy atom. The van der Waals surface area contributed by atoms with Crippen molar-refractivity contribution in [1.82, 2.24) is 9.88 Å². The number of hydrogen-bond donors (Lipinski definition) is 0. The molecule has 1 aromatic heterocycles. The van der Waals surface area contributed by atoms with Crippen LogP contribution in [0.1, 0.15) is 49.2 Å². The molecule has 1 rings (SSSR count). The Bertz CT molecular complexity index is 407. The number of rotatable bonds is 6. The van der Waals surface area contributed by atoms with Gasteiger partial charge in [0.2, 0.25) is 0 Å². The van der Waals surface area contributed by atoms with E-state index in [4.69, 9.17) is 11.6 Å². The SMILES string of the molecule is CCCCCN(C)C(=O)c1cc(Cl)nc(CC)c1. The van der Waals surface area contributed by atoms with Crippen LogP contribution in [0.15, 0.2) is 12.1 Å². The number of carbonyl (C=O) groups is 1. The molecule has 1 heterocycles. The molecule has 0 aliphatic carbocycles. The summed E-state index contributed by atoms with van der Waals surface area (Å²) in [6.45, 7) is 4.93. The van der Waals surface area contributed by atoms with Gasteiger partial charge in [-0.25, -0.2) is 4.98 Å². The summed E-state index contributed by atoms with van der Waals surface area (Å²) in [7, 11) is 1.83. The Balaban J connectivity index is 2.73. The number of unbranched alkanes of at least 4 members (excludes halogenated alkanes) is 2. The highest BCUT2D eigenvalue weighted by molar-refractivity contribution is 6.29. The first kappa shape index (κ1) is 15.0. The summed E-state index contributed by atoms with van der Waals surface area (Å²) >= 11 is 5.92. The predicted molar refractivity (Wildman–Crippen MR) is 75.1 cm³/mol. The lowest BCUT2D eigenvalue weighted by Crippen LogP contribution is -2.27. The molecule has 0 aromatic carbocycles. The van der Waals surface area contributed by atoms with Gasteiger partial charge in [0, 0.05) is 24.8 Å². The third-order valence-corrected chi connectivity index (χ3v) is 3.09. The van der Waals surface area contributed by atoms with E-state index in [-0.39, 0.29) is 5.91 Å². The van der Waals surface area contributed by atoms with Crippen molar-refractivity contribution in [2.75, 3.05) is 13.6 Å². The highest BCUT2D eigenvalue weighted by Crippen LogP contribution is 2.13. The lowest BCUT2D eigenvalue weighted by atomic mass is 10.1. The van der Waals surface area contributed by atoms with E-state index in [0.29, 0.717) is 10.7 Å². The van der Waals surface area contributed by atoms with Gasteiger partial charge >= 0.3 is 0 Å². The van der Waals surface area contributed by atoms with Crippen LogP contribution in [0.2, 0.25) is 5.15 Å². The van der Waals surface area contributed by atoms with E-state index in [1.165, 1.54) is 0 Å². The van der Waals surface area contributed by atoms with Crippen LogP contribution >= 0.6 is 11.6 Å². The second-order valence-corrected chi connectivity index (χ2v) is 4.84. The zero-order valence-corrected chi connectivity index (χ0v) is 12.1. The maximum Gasteiger partial charge on any atom is 0.253 e. The maximum absolute atomic E-state index is 12.2. The van der Waals surface area contributed by atoms with Crippen LogP contribution < -0.4 is 0 Å². The second kappa shape index (κ2) is 7.37. The van der Waals surface area contributed by atoms with Gasteiger partial charge in [0.1, 0.15) is 5.15 Å². The Morgan fingerprint density at radius 2 is 2.06 bits per heavy atom. The fraction of sp³-hybridized carbons (Fsp3) is 0.571. The molecular formula is C14H21ClN2O. The van der Waals surface area contributed by atoms with Crippen LogP contribution in [0.3, 0.4) is 0 Å². The summed E-state index contributed by atoms with van der Waals surface area (Å²) in [6, 6.07) is 3.46. The van der Waals surface area contributed by atoms with Crippen molar-refractivity contribution >= 4 is 17.5 Å². The van der Waals surface area contributed by atoms with Gasteiger partial charge < -0.3 is 4.90 Å². The van der Waals surface area contributed by atoms with Crippen LogP contribution in [0.5, 0.6) is 0 Å². The number of nitrogens with zero attached hydrogens (tertiary/aromatic N) is 2. The van der Waals surface area contributed by atoms with Crippen molar-refractivity contribution in [3.8, 4) is 0 Å². The van der Waals surface area contributed by atoms with Crippen molar-refractivity contribution in [1.29, 1.82) is 0 Å². The van der Waals surface area contributed by atoms with Gasteiger partial charge in [0.05, 0.1) is 0 Å². The van der Waals surface area contributed by atoms with Crippen LogP contribution in [0.25, 0.3) is 0 Å². The first-order valence-corrected chi connectivity index (χ1v) is 6.88. The summed E-state index contributed by atoms with van der Waals surface area (Å²) in [6.07, 6.45) is 4.12. The van der Waals surface area contributed by atoms with E-state index in [1.54, 1.807) is 11.0 Å². The number of aryl methyl sites for hydroxylation is 1. The molecule has 0 saturated carbocycles. The average Bonchev–Trinajstić information content (AvgIpc) is 2.37. The average molecular weight is 269 g/mol. The third kappa shape index (κ3) is 4.30. The fourth-order valence-electron chi connectivity index (χ4n) is 1.78. The molecule has 100 valence electrons. The molecule has 0 unspecified atom stereocenters. The molecule has 0 aliphatic heterocycles. The van der Waals surface area contributed by atoms with Crippen molar-refractivity contribution in [2.24, 2.45) is 0 Å². The minimum Gasteiger partial charge on any atom is -0.342 e. The molecule has 0 saturated heterocycles. The lowest BCUT2D eigenvalue weighted by molar-refractivity contribution is 0.0792. The predicted octanol–water partition coefficient (Wildman–Crippen LogP) is 3.56. The Hall–Kier alpha value is -1.09. The molecule has 18 heavy (non-hydrogen) atoms. The van der Waals surface area contributed by atoms with Crippen molar-refractivity contribution in [3.05, 3.63) is 28.5 Å².